The summed E-state index contributed by atoms with van der Waals surface area (Å²) in [7, 11) is 0. The molecule has 0 amide bonds. The monoisotopic (exact) mass is 510 g/mol. The van der Waals surface area contributed by atoms with Crippen LogP contribution < -0.4 is 14.2 Å². The lowest BCUT2D eigenvalue weighted by molar-refractivity contribution is -0.129. The molecule has 7 nitrogen and oxygen atoms in total. The Balaban J connectivity index is 1.59. The molecular weight excluding hydrogens is 484 g/mol. The van der Waals surface area contributed by atoms with Crippen LogP contribution in [0.1, 0.15) is 15.9 Å². The second-order valence-corrected chi connectivity index (χ2v) is 7.79. The molecule has 0 aromatic heterocycles. The summed E-state index contributed by atoms with van der Waals surface area (Å²) in [4.78, 5) is 35.5. The molecule has 0 unspecified atom stereocenters. The van der Waals surface area contributed by atoms with Crippen molar-refractivity contribution in [2.45, 2.75) is 6.42 Å². The van der Waals surface area contributed by atoms with Crippen LogP contribution in [0.3, 0.4) is 0 Å². The average molecular weight is 511 g/mol. The van der Waals surface area contributed by atoms with Gasteiger partial charge in [0.2, 0.25) is 0 Å². The quantitative estimate of drug-likeness (QED) is 0.0969. The molecule has 0 saturated heterocycles. The van der Waals surface area contributed by atoms with Crippen LogP contribution in [-0.4, -0.2) is 24.5 Å². The summed E-state index contributed by atoms with van der Waals surface area (Å²) in [5.74, 6) is -0.462. The van der Waals surface area contributed by atoms with E-state index in [1.54, 1.807) is 54.6 Å². The first-order chi connectivity index (χ1) is 18.3. The molecule has 3 rings (SSSR count). The van der Waals surface area contributed by atoms with Gasteiger partial charge in [-0.05, 0) is 59.2 Å². The van der Waals surface area contributed by atoms with Crippen LogP contribution in [0.25, 0.3) is 11.1 Å². The van der Waals surface area contributed by atoms with E-state index >= 15 is 0 Å². The molecule has 0 radical (unpaired) electrons. The van der Waals surface area contributed by atoms with Crippen LogP contribution in [0, 0.1) is 0 Å². The summed E-state index contributed by atoms with van der Waals surface area (Å²) in [6, 6.07) is 19.0. The van der Waals surface area contributed by atoms with Gasteiger partial charge in [-0.1, -0.05) is 56.6 Å². The van der Waals surface area contributed by atoms with Crippen molar-refractivity contribution in [1.29, 1.82) is 0 Å². The first-order valence-electron chi connectivity index (χ1n) is 11.5. The normalized spacial score (nSPS) is 10.0. The Morgan fingerprint density at radius 2 is 1.29 bits per heavy atom. The second-order valence-electron chi connectivity index (χ2n) is 7.79. The molecule has 0 heterocycles. The first kappa shape index (κ1) is 27.4. The number of rotatable bonds is 12. The molecule has 192 valence electrons. The third-order valence-corrected chi connectivity index (χ3v) is 5.17. The molecule has 0 atom stereocenters. The number of hydrogen-bond acceptors (Lipinski definition) is 7. The summed E-state index contributed by atoms with van der Waals surface area (Å²) >= 11 is 0. The Morgan fingerprint density at radius 1 is 0.684 bits per heavy atom. The zero-order valence-corrected chi connectivity index (χ0v) is 20.7. The molecular formula is C31H26O7. The van der Waals surface area contributed by atoms with E-state index < -0.39 is 17.9 Å². The molecule has 0 N–H and O–H groups in total. The van der Waals surface area contributed by atoms with Crippen LogP contribution in [0.5, 0.6) is 17.2 Å². The summed E-state index contributed by atoms with van der Waals surface area (Å²) < 4.78 is 21.3. The minimum atomic E-state index is -0.641. The van der Waals surface area contributed by atoms with Gasteiger partial charge in [-0.2, -0.15) is 0 Å². The highest BCUT2D eigenvalue weighted by Gasteiger charge is 2.12. The highest BCUT2D eigenvalue weighted by atomic mass is 16.6. The van der Waals surface area contributed by atoms with E-state index in [2.05, 4.69) is 26.3 Å². The van der Waals surface area contributed by atoms with Crippen molar-refractivity contribution in [1.82, 2.24) is 0 Å². The summed E-state index contributed by atoms with van der Waals surface area (Å²) in [6.07, 6.45) is 3.95. The van der Waals surface area contributed by atoms with Gasteiger partial charge in [-0.25, -0.2) is 14.4 Å². The van der Waals surface area contributed by atoms with E-state index in [0.29, 0.717) is 29.2 Å². The van der Waals surface area contributed by atoms with Crippen LogP contribution in [0.4, 0.5) is 0 Å². The Bertz CT molecular complexity index is 1370. The number of hydrogen-bond donors (Lipinski definition) is 0. The van der Waals surface area contributed by atoms with E-state index in [1.807, 2.05) is 12.1 Å². The maximum atomic E-state index is 12.5. The molecule has 0 aliphatic rings. The molecule has 0 aliphatic carbocycles. The number of carbonyl (C=O) groups excluding carboxylic acids is 3. The molecule has 3 aromatic carbocycles. The molecule has 0 bridgehead atoms. The number of esters is 3. The number of allylic oxidation sites excluding steroid dienone is 1. The minimum Gasteiger partial charge on any atom is -0.462 e. The molecule has 7 heteroatoms. The van der Waals surface area contributed by atoms with Gasteiger partial charge in [0.25, 0.3) is 0 Å². The smallest absolute Gasteiger partial charge is 0.338 e. The van der Waals surface area contributed by atoms with Crippen molar-refractivity contribution in [2.75, 3.05) is 6.61 Å². The van der Waals surface area contributed by atoms with Crippen LogP contribution in [-0.2, 0) is 20.7 Å². The Morgan fingerprint density at radius 3 is 1.89 bits per heavy atom. The first-order valence-corrected chi connectivity index (χ1v) is 11.5. The topological polar surface area (TPSA) is 88.1 Å². The van der Waals surface area contributed by atoms with Crippen LogP contribution >= 0.6 is 0 Å². The van der Waals surface area contributed by atoms with Gasteiger partial charge >= 0.3 is 17.9 Å². The maximum Gasteiger partial charge on any atom is 0.338 e. The Hall–Kier alpha value is -5.17. The van der Waals surface area contributed by atoms with Gasteiger partial charge in [0.15, 0.2) is 11.5 Å². The van der Waals surface area contributed by atoms with E-state index in [4.69, 9.17) is 18.9 Å². The molecule has 0 spiro atoms. The van der Waals surface area contributed by atoms with Gasteiger partial charge in [0.1, 0.15) is 11.5 Å². The molecule has 38 heavy (non-hydrogen) atoms. The Kier molecular flexibility index (Phi) is 9.54. The van der Waals surface area contributed by atoms with Crippen molar-refractivity contribution in [3.05, 3.63) is 128 Å². The van der Waals surface area contributed by atoms with Crippen molar-refractivity contribution in [3.8, 4) is 28.4 Å². The molecule has 3 aromatic rings. The van der Waals surface area contributed by atoms with Crippen LogP contribution in [0.15, 0.2) is 117 Å². The lowest BCUT2D eigenvalue weighted by atomic mass is 10.0. The van der Waals surface area contributed by atoms with Crippen LogP contribution in [0.2, 0.25) is 0 Å². The van der Waals surface area contributed by atoms with E-state index in [-0.39, 0.29) is 12.4 Å². The zero-order chi connectivity index (χ0) is 27.5. The minimum absolute atomic E-state index is 0.111. The van der Waals surface area contributed by atoms with Gasteiger partial charge in [-0.3, -0.25) is 0 Å². The number of ether oxygens (including phenoxy) is 4. The highest BCUT2D eigenvalue weighted by molar-refractivity contribution is 5.90. The SMILES string of the molecule is C=CC(=C)Oc1ccc(CCOC(=O)c2ccc(-c3ccc(OC(=O)C=C)cc3)cc2)cc1OC(=O)C=C. The highest BCUT2D eigenvalue weighted by Crippen LogP contribution is 2.30. The van der Waals surface area contributed by atoms with Crippen molar-refractivity contribution >= 4 is 17.9 Å². The van der Waals surface area contributed by atoms with Gasteiger partial charge in [0.05, 0.1) is 12.2 Å². The van der Waals surface area contributed by atoms with Gasteiger partial charge < -0.3 is 18.9 Å². The van der Waals surface area contributed by atoms with Crippen molar-refractivity contribution < 1.29 is 33.3 Å². The van der Waals surface area contributed by atoms with E-state index in [9.17, 15) is 14.4 Å². The zero-order valence-electron chi connectivity index (χ0n) is 20.7. The largest absolute Gasteiger partial charge is 0.462 e. The fourth-order valence-corrected chi connectivity index (χ4v) is 3.22. The third-order valence-electron chi connectivity index (χ3n) is 5.17. The standard InChI is InChI=1S/C31H26O7/c1-5-21(4)36-27-17-8-22(20-28(27)38-30(33)7-3)18-19-35-31(34)25-11-9-23(10-12-25)24-13-15-26(16-14-24)37-29(32)6-2/h5-17,20H,1-4,18-19H2. The molecule has 0 fully saturated rings. The Labute approximate surface area is 220 Å². The predicted molar refractivity (Wildman–Crippen MR) is 144 cm³/mol. The fourth-order valence-electron chi connectivity index (χ4n) is 3.22. The van der Waals surface area contributed by atoms with Crippen molar-refractivity contribution in [2.24, 2.45) is 0 Å². The lowest BCUT2D eigenvalue weighted by Gasteiger charge is -2.12. The summed E-state index contributed by atoms with van der Waals surface area (Å²) in [5, 5.41) is 0. The van der Waals surface area contributed by atoms with E-state index in [0.717, 1.165) is 28.8 Å². The van der Waals surface area contributed by atoms with Gasteiger partial charge in [-0.15, -0.1) is 0 Å². The van der Waals surface area contributed by atoms with E-state index in [1.165, 1.54) is 6.08 Å². The van der Waals surface area contributed by atoms with Gasteiger partial charge in [0, 0.05) is 18.6 Å². The number of carbonyl (C=O) groups is 3. The summed E-state index contributed by atoms with van der Waals surface area (Å²) in [5.41, 5.74) is 2.93. The van der Waals surface area contributed by atoms with Crippen molar-refractivity contribution in [3.63, 3.8) is 0 Å². The summed E-state index contributed by atoms with van der Waals surface area (Å²) in [6.45, 7) is 14.1. The number of benzene rings is 3. The maximum absolute atomic E-state index is 12.5. The lowest BCUT2D eigenvalue weighted by Crippen LogP contribution is -2.09. The predicted octanol–water partition coefficient (Wildman–Crippen LogP) is 6.01. The second kappa shape index (κ2) is 13.2. The molecule has 0 aliphatic heterocycles. The average Bonchev–Trinajstić information content (AvgIpc) is 2.94. The third kappa shape index (κ3) is 7.66. The fraction of sp³-hybridized carbons (Fsp3) is 0.0645. The molecule has 0 saturated carbocycles.